The fourth-order valence-corrected chi connectivity index (χ4v) is 1.10. The zero-order valence-corrected chi connectivity index (χ0v) is 9.03. The highest BCUT2D eigenvalue weighted by Crippen LogP contribution is 1.99. The number of amides is 1. The van der Waals surface area contributed by atoms with Crippen LogP contribution in [0.4, 0.5) is 0 Å². The molecule has 0 spiro atoms. The summed E-state index contributed by atoms with van der Waals surface area (Å²) in [6.07, 6.45) is 1.72. The summed E-state index contributed by atoms with van der Waals surface area (Å²) in [7, 11) is 0. The number of hydrogen-bond acceptors (Lipinski definition) is 3. The number of nitrogens with one attached hydrogen (secondary N) is 1. The van der Waals surface area contributed by atoms with E-state index < -0.39 is 0 Å². The molecule has 1 heterocycles. The van der Waals surface area contributed by atoms with Gasteiger partial charge in [0.05, 0.1) is 11.7 Å². The third kappa shape index (κ3) is 4.08. The number of nitrogens with zero attached hydrogens (tertiary/aromatic N) is 1. The minimum Gasteiger partial charge on any atom is -0.393 e. The molecule has 4 heteroatoms. The van der Waals surface area contributed by atoms with E-state index in [4.69, 9.17) is 5.11 Å². The van der Waals surface area contributed by atoms with Crippen LogP contribution in [0.2, 0.25) is 0 Å². The smallest absolute Gasteiger partial charge is 0.252 e. The van der Waals surface area contributed by atoms with Crippen LogP contribution in [-0.2, 0) is 0 Å². The predicted molar refractivity (Wildman–Crippen MR) is 57.6 cm³/mol. The van der Waals surface area contributed by atoms with Crippen LogP contribution in [0.15, 0.2) is 18.3 Å². The topological polar surface area (TPSA) is 62.2 Å². The summed E-state index contributed by atoms with van der Waals surface area (Å²) < 4.78 is 0. The second kappa shape index (κ2) is 5.46. The largest absolute Gasteiger partial charge is 0.393 e. The van der Waals surface area contributed by atoms with Crippen LogP contribution in [0, 0.1) is 6.92 Å². The second-order valence-electron chi connectivity index (χ2n) is 3.58. The third-order valence-electron chi connectivity index (χ3n) is 2.02. The SMILES string of the molecule is Cc1ccc(C(=O)NCCC(C)O)cn1. The van der Waals surface area contributed by atoms with Crippen molar-refractivity contribution in [3.8, 4) is 0 Å². The van der Waals surface area contributed by atoms with Gasteiger partial charge in [0.1, 0.15) is 0 Å². The van der Waals surface area contributed by atoms with Crippen molar-refractivity contribution in [3.63, 3.8) is 0 Å². The van der Waals surface area contributed by atoms with Crippen LogP contribution in [0.5, 0.6) is 0 Å². The van der Waals surface area contributed by atoms with Crippen molar-refractivity contribution in [1.82, 2.24) is 10.3 Å². The molecule has 0 aromatic carbocycles. The van der Waals surface area contributed by atoms with Gasteiger partial charge in [-0.05, 0) is 32.4 Å². The zero-order valence-electron chi connectivity index (χ0n) is 9.03. The lowest BCUT2D eigenvalue weighted by atomic mass is 10.2. The maximum Gasteiger partial charge on any atom is 0.252 e. The van der Waals surface area contributed by atoms with Crippen molar-refractivity contribution in [2.24, 2.45) is 0 Å². The van der Waals surface area contributed by atoms with E-state index in [-0.39, 0.29) is 12.0 Å². The number of carbonyl (C=O) groups excluding carboxylic acids is 1. The van der Waals surface area contributed by atoms with E-state index in [0.29, 0.717) is 18.5 Å². The summed E-state index contributed by atoms with van der Waals surface area (Å²) >= 11 is 0. The number of hydrogen-bond donors (Lipinski definition) is 2. The summed E-state index contributed by atoms with van der Waals surface area (Å²) in [5.74, 6) is -0.150. The molecule has 0 radical (unpaired) electrons. The summed E-state index contributed by atoms with van der Waals surface area (Å²) in [6.45, 7) is 4.04. The molecule has 0 saturated carbocycles. The lowest BCUT2D eigenvalue weighted by Gasteiger charge is -2.06. The number of rotatable bonds is 4. The van der Waals surface area contributed by atoms with Gasteiger partial charge in [-0.2, -0.15) is 0 Å². The molecular formula is C11H16N2O2. The van der Waals surface area contributed by atoms with E-state index in [9.17, 15) is 4.79 Å². The van der Waals surface area contributed by atoms with Gasteiger partial charge >= 0.3 is 0 Å². The molecule has 0 saturated heterocycles. The number of aromatic nitrogens is 1. The molecule has 1 amide bonds. The maximum atomic E-state index is 11.5. The first-order valence-corrected chi connectivity index (χ1v) is 4.98. The van der Waals surface area contributed by atoms with E-state index in [0.717, 1.165) is 5.69 Å². The Hall–Kier alpha value is -1.42. The lowest BCUT2D eigenvalue weighted by molar-refractivity contribution is 0.0945. The van der Waals surface area contributed by atoms with E-state index in [1.54, 1.807) is 25.3 Å². The molecular weight excluding hydrogens is 192 g/mol. The Morgan fingerprint density at radius 3 is 2.87 bits per heavy atom. The predicted octanol–water partition coefficient (Wildman–Crippen LogP) is 0.891. The van der Waals surface area contributed by atoms with Gasteiger partial charge in [-0.25, -0.2) is 0 Å². The molecule has 82 valence electrons. The van der Waals surface area contributed by atoms with Gasteiger partial charge in [-0.15, -0.1) is 0 Å². The van der Waals surface area contributed by atoms with Crippen LogP contribution in [-0.4, -0.2) is 28.6 Å². The van der Waals surface area contributed by atoms with Gasteiger partial charge in [0.2, 0.25) is 0 Å². The lowest BCUT2D eigenvalue weighted by Crippen LogP contribution is -2.26. The van der Waals surface area contributed by atoms with Gasteiger partial charge < -0.3 is 10.4 Å². The average molecular weight is 208 g/mol. The molecule has 0 aliphatic heterocycles. The van der Waals surface area contributed by atoms with Gasteiger partial charge in [0.15, 0.2) is 0 Å². The van der Waals surface area contributed by atoms with Crippen molar-refractivity contribution in [2.75, 3.05) is 6.54 Å². The molecule has 0 bridgehead atoms. The van der Waals surface area contributed by atoms with Gasteiger partial charge in [-0.3, -0.25) is 9.78 Å². The Bertz CT molecular complexity index is 320. The number of carbonyl (C=O) groups is 1. The Balaban J connectivity index is 2.43. The molecule has 15 heavy (non-hydrogen) atoms. The van der Waals surface area contributed by atoms with Crippen LogP contribution >= 0.6 is 0 Å². The summed E-state index contributed by atoms with van der Waals surface area (Å²) in [6, 6.07) is 3.53. The fraction of sp³-hybridized carbons (Fsp3) is 0.455. The van der Waals surface area contributed by atoms with Crippen LogP contribution < -0.4 is 5.32 Å². The third-order valence-corrected chi connectivity index (χ3v) is 2.02. The molecule has 1 rings (SSSR count). The van der Waals surface area contributed by atoms with Crippen LogP contribution in [0.3, 0.4) is 0 Å². The molecule has 0 aliphatic rings. The van der Waals surface area contributed by atoms with Gasteiger partial charge in [-0.1, -0.05) is 0 Å². The molecule has 0 aliphatic carbocycles. The van der Waals surface area contributed by atoms with Gasteiger partial charge in [0.25, 0.3) is 5.91 Å². The number of aliphatic hydroxyl groups is 1. The van der Waals surface area contributed by atoms with Crippen molar-refractivity contribution in [2.45, 2.75) is 26.4 Å². The monoisotopic (exact) mass is 208 g/mol. The van der Waals surface area contributed by atoms with E-state index in [1.165, 1.54) is 0 Å². The first-order valence-electron chi connectivity index (χ1n) is 4.98. The number of pyridine rings is 1. The quantitative estimate of drug-likeness (QED) is 0.772. The average Bonchev–Trinajstić information content (AvgIpc) is 2.18. The normalized spacial score (nSPS) is 12.2. The highest BCUT2D eigenvalue weighted by molar-refractivity contribution is 5.93. The molecule has 0 fully saturated rings. The first-order chi connectivity index (χ1) is 7.09. The van der Waals surface area contributed by atoms with Gasteiger partial charge in [0, 0.05) is 18.4 Å². The molecule has 1 aromatic rings. The molecule has 2 N–H and O–H groups in total. The number of aliphatic hydroxyl groups excluding tert-OH is 1. The van der Waals surface area contributed by atoms with Crippen molar-refractivity contribution in [3.05, 3.63) is 29.6 Å². The second-order valence-corrected chi connectivity index (χ2v) is 3.58. The maximum absolute atomic E-state index is 11.5. The van der Waals surface area contributed by atoms with E-state index >= 15 is 0 Å². The standard InChI is InChI=1S/C11H16N2O2/c1-8-3-4-10(7-13-8)11(15)12-6-5-9(2)14/h3-4,7,9,14H,5-6H2,1-2H3,(H,12,15). The van der Waals surface area contributed by atoms with Crippen LogP contribution in [0.25, 0.3) is 0 Å². The molecule has 1 atom stereocenters. The minimum atomic E-state index is -0.388. The Morgan fingerprint density at radius 1 is 1.60 bits per heavy atom. The Labute approximate surface area is 89.3 Å². The van der Waals surface area contributed by atoms with Crippen molar-refractivity contribution >= 4 is 5.91 Å². The Morgan fingerprint density at radius 2 is 2.33 bits per heavy atom. The van der Waals surface area contributed by atoms with Crippen molar-refractivity contribution in [1.29, 1.82) is 0 Å². The van der Waals surface area contributed by atoms with E-state index in [2.05, 4.69) is 10.3 Å². The highest BCUT2D eigenvalue weighted by Gasteiger charge is 2.05. The first kappa shape index (κ1) is 11.7. The molecule has 1 unspecified atom stereocenters. The minimum absolute atomic E-state index is 0.150. The summed E-state index contributed by atoms with van der Waals surface area (Å²) in [4.78, 5) is 15.5. The number of aryl methyl sites for hydroxylation is 1. The van der Waals surface area contributed by atoms with Crippen molar-refractivity contribution < 1.29 is 9.90 Å². The summed E-state index contributed by atoms with van der Waals surface area (Å²) in [5.41, 5.74) is 1.43. The van der Waals surface area contributed by atoms with Crippen LogP contribution in [0.1, 0.15) is 29.4 Å². The summed E-state index contributed by atoms with van der Waals surface area (Å²) in [5, 5.41) is 11.7. The highest BCUT2D eigenvalue weighted by atomic mass is 16.3. The fourth-order valence-electron chi connectivity index (χ4n) is 1.10. The molecule has 4 nitrogen and oxygen atoms in total. The zero-order chi connectivity index (χ0) is 11.3. The van der Waals surface area contributed by atoms with E-state index in [1.807, 2.05) is 6.92 Å². The molecule has 1 aromatic heterocycles. The Kier molecular flexibility index (Phi) is 4.24.